The van der Waals surface area contributed by atoms with Gasteiger partial charge in [0, 0.05) is 19.8 Å². The third-order valence-corrected chi connectivity index (χ3v) is 2.33. The van der Waals surface area contributed by atoms with Crippen molar-refractivity contribution in [3.8, 4) is 5.69 Å². The number of rotatable bonds is 3. The topological polar surface area (TPSA) is 54.2 Å². The summed E-state index contributed by atoms with van der Waals surface area (Å²) in [5, 5.41) is 16.6. The second-order valence-corrected chi connectivity index (χ2v) is 3.72. The quantitative estimate of drug-likeness (QED) is 0.829. The first kappa shape index (κ1) is 10.6. The molecule has 0 atom stereocenters. The smallest absolute Gasteiger partial charge is 0.109 e. The van der Waals surface area contributed by atoms with E-state index in [0.29, 0.717) is 5.69 Å². The molecule has 0 aliphatic heterocycles. The minimum Gasteiger partial charge on any atom is -0.390 e. The summed E-state index contributed by atoms with van der Waals surface area (Å²) in [5.41, 5.74) is 2.63. The van der Waals surface area contributed by atoms with Crippen LogP contribution in [0, 0.1) is 0 Å². The molecule has 2 rings (SSSR count). The zero-order valence-electron chi connectivity index (χ0n) is 9.33. The number of nitrogens with zero attached hydrogens (tertiary/aromatic N) is 4. The molecule has 1 aromatic heterocycles. The molecule has 0 saturated carbocycles. The van der Waals surface area contributed by atoms with Crippen LogP contribution in [-0.4, -0.2) is 34.2 Å². The Hall–Kier alpha value is -1.88. The van der Waals surface area contributed by atoms with Crippen LogP contribution >= 0.6 is 0 Å². The molecule has 1 heterocycles. The highest BCUT2D eigenvalue weighted by Gasteiger charge is 2.02. The van der Waals surface area contributed by atoms with Crippen LogP contribution in [0.5, 0.6) is 0 Å². The standard InChI is InChI=1S/C11H14N4O/c1-14(2)10-3-5-11(6-4-10)15-7-9(8-16)12-13-15/h3-7,16H,8H2,1-2H3. The van der Waals surface area contributed by atoms with Gasteiger partial charge < -0.3 is 10.0 Å². The summed E-state index contributed by atoms with van der Waals surface area (Å²) < 4.78 is 1.64. The van der Waals surface area contributed by atoms with Gasteiger partial charge in [0.05, 0.1) is 18.5 Å². The lowest BCUT2D eigenvalue weighted by Crippen LogP contribution is -2.08. The monoisotopic (exact) mass is 218 g/mol. The second kappa shape index (κ2) is 4.32. The van der Waals surface area contributed by atoms with Gasteiger partial charge in [-0.1, -0.05) is 5.21 Å². The van der Waals surface area contributed by atoms with Gasteiger partial charge in [-0.25, -0.2) is 4.68 Å². The first-order valence-corrected chi connectivity index (χ1v) is 5.00. The third kappa shape index (κ3) is 2.04. The number of benzene rings is 1. The van der Waals surface area contributed by atoms with E-state index in [-0.39, 0.29) is 6.61 Å². The second-order valence-electron chi connectivity index (χ2n) is 3.72. The first-order chi connectivity index (χ1) is 7.70. The lowest BCUT2D eigenvalue weighted by Gasteiger charge is -2.12. The first-order valence-electron chi connectivity index (χ1n) is 5.00. The fourth-order valence-electron chi connectivity index (χ4n) is 1.40. The van der Waals surface area contributed by atoms with Crippen molar-refractivity contribution in [2.45, 2.75) is 6.61 Å². The van der Waals surface area contributed by atoms with Crippen molar-refractivity contribution in [3.63, 3.8) is 0 Å². The Labute approximate surface area is 93.9 Å². The van der Waals surface area contributed by atoms with E-state index >= 15 is 0 Å². The van der Waals surface area contributed by atoms with Crippen LogP contribution in [-0.2, 0) is 6.61 Å². The van der Waals surface area contributed by atoms with Crippen LogP contribution in [0.4, 0.5) is 5.69 Å². The fraction of sp³-hybridized carbons (Fsp3) is 0.273. The van der Waals surface area contributed by atoms with Gasteiger partial charge in [-0.15, -0.1) is 5.10 Å². The predicted octanol–water partition coefficient (Wildman–Crippen LogP) is 0.826. The summed E-state index contributed by atoms with van der Waals surface area (Å²) in [6, 6.07) is 7.95. The molecule has 2 aromatic rings. The van der Waals surface area contributed by atoms with Crippen molar-refractivity contribution in [1.82, 2.24) is 15.0 Å². The molecule has 0 fully saturated rings. The molecular weight excluding hydrogens is 204 g/mol. The predicted molar refractivity (Wildman–Crippen MR) is 61.6 cm³/mol. The molecule has 5 heteroatoms. The van der Waals surface area contributed by atoms with Gasteiger partial charge in [0.15, 0.2) is 0 Å². The summed E-state index contributed by atoms with van der Waals surface area (Å²) >= 11 is 0. The van der Waals surface area contributed by atoms with E-state index in [0.717, 1.165) is 11.4 Å². The molecule has 0 aliphatic rings. The van der Waals surface area contributed by atoms with Gasteiger partial charge in [0.25, 0.3) is 0 Å². The number of aromatic nitrogens is 3. The SMILES string of the molecule is CN(C)c1ccc(-n2cc(CO)nn2)cc1. The van der Waals surface area contributed by atoms with E-state index in [1.807, 2.05) is 43.3 Å². The Kier molecular flexibility index (Phi) is 2.87. The molecule has 0 saturated heterocycles. The average Bonchev–Trinajstić information content (AvgIpc) is 2.77. The Balaban J connectivity index is 2.27. The zero-order valence-corrected chi connectivity index (χ0v) is 9.33. The fourth-order valence-corrected chi connectivity index (χ4v) is 1.40. The number of aliphatic hydroxyl groups is 1. The lowest BCUT2D eigenvalue weighted by molar-refractivity contribution is 0.276. The van der Waals surface area contributed by atoms with Crippen LogP contribution in [0.3, 0.4) is 0 Å². The molecule has 0 spiro atoms. The Morgan fingerprint density at radius 1 is 1.25 bits per heavy atom. The van der Waals surface area contributed by atoms with Crippen molar-refractivity contribution >= 4 is 5.69 Å². The molecule has 0 amide bonds. The van der Waals surface area contributed by atoms with E-state index in [1.165, 1.54) is 0 Å². The molecule has 1 N–H and O–H groups in total. The summed E-state index contributed by atoms with van der Waals surface area (Å²) in [5.74, 6) is 0. The van der Waals surface area contributed by atoms with E-state index in [2.05, 4.69) is 10.3 Å². The van der Waals surface area contributed by atoms with Crippen molar-refractivity contribution in [3.05, 3.63) is 36.2 Å². The lowest BCUT2D eigenvalue weighted by atomic mass is 10.2. The highest BCUT2D eigenvalue weighted by molar-refractivity contribution is 5.49. The van der Waals surface area contributed by atoms with E-state index in [1.54, 1.807) is 10.9 Å². The minimum absolute atomic E-state index is 0.0875. The molecule has 84 valence electrons. The van der Waals surface area contributed by atoms with Crippen LogP contribution < -0.4 is 4.90 Å². The van der Waals surface area contributed by atoms with Crippen LogP contribution in [0.25, 0.3) is 5.69 Å². The average molecular weight is 218 g/mol. The van der Waals surface area contributed by atoms with Crippen molar-refractivity contribution in [1.29, 1.82) is 0 Å². The zero-order chi connectivity index (χ0) is 11.5. The molecule has 0 radical (unpaired) electrons. The highest BCUT2D eigenvalue weighted by Crippen LogP contribution is 2.14. The van der Waals surface area contributed by atoms with Gasteiger partial charge in [0.2, 0.25) is 0 Å². The normalized spacial score (nSPS) is 10.4. The third-order valence-electron chi connectivity index (χ3n) is 2.33. The Bertz CT molecular complexity index is 461. The molecular formula is C11H14N4O. The number of anilines is 1. The Morgan fingerprint density at radius 3 is 2.44 bits per heavy atom. The minimum atomic E-state index is -0.0875. The molecule has 1 aromatic carbocycles. The van der Waals surface area contributed by atoms with E-state index in [4.69, 9.17) is 5.11 Å². The van der Waals surface area contributed by atoms with Crippen LogP contribution in [0.1, 0.15) is 5.69 Å². The van der Waals surface area contributed by atoms with Gasteiger partial charge in [0.1, 0.15) is 5.69 Å². The largest absolute Gasteiger partial charge is 0.390 e. The van der Waals surface area contributed by atoms with E-state index < -0.39 is 0 Å². The number of hydrogen-bond acceptors (Lipinski definition) is 4. The maximum atomic E-state index is 8.89. The van der Waals surface area contributed by atoms with Crippen molar-refractivity contribution < 1.29 is 5.11 Å². The maximum Gasteiger partial charge on any atom is 0.109 e. The molecule has 16 heavy (non-hydrogen) atoms. The molecule has 0 aliphatic carbocycles. The maximum absolute atomic E-state index is 8.89. The highest BCUT2D eigenvalue weighted by atomic mass is 16.3. The van der Waals surface area contributed by atoms with Crippen molar-refractivity contribution in [2.75, 3.05) is 19.0 Å². The van der Waals surface area contributed by atoms with Gasteiger partial charge >= 0.3 is 0 Å². The van der Waals surface area contributed by atoms with Gasteiger partial charge in [-0.2, -0.15) is 0 Å². The number of aliphatic hydroxyl groups excluding tert-OH is 1. The molecule has 0 bridgehead atoms. The van der Waals surface area contributed by atoms with Gasteiger partial charge in [-0.3, -0.25) is 0 Å². The van der Waals surface area contributed by atoms with E-state index in [9.17, 15) is 0 Å². The summed E-state index contributed by atoms with van der Waals surface area (Å²) in [6.45, 7) is -0.0875. The Morgan fingerprint density at radius 2 is 1.94 bits per heavy atom. The van der Waals surface area contributed by atoms with Crippen LogP contribution in [0.15, 0.2) is 30.5 Å². The van der Waals surface area contributed by atoms with Crippen LogP contribution in [0.2, 0.25) is 0 Å². The molecule has 5 nitrogen and oxygen atoms in total. The number of hydrogen-bond donors (Lipinski definition) is 1. The molecule has 0 unspecified atom stereocenters. The summed E-state index contributed by atoms with van der Waals surface area (Å²) in [7, 11) is 3.99. The summed E-state index contributed by atoms with van der Waals surface area (Å²) in [6.07, 6.45) is 1.71. The van der Waals surface area contributed by atoms with Gasteiger partial charge in [-0.05, 0) is 24.3 Å². The summed E-state index contributed by atoms with van der Waals surface area (Å²) in [4.78, 5) is 2.03. The van der Waals surface area contributed by atoms with Crippen molar-refractivity contribution in [2.24, 2.45) is 0 Å².